The summed E-state index contributed by atoms with van der Waals surface area (Å²) in [5.74, 6) is 1.42. The number of hydrogen-bond donors (Lipinski definition) is 0. The molecule has 1 fully saturated rings. The molecule has 0 aliphatic carbocycles. The zero-order valence-corrected chi connectivity index (χ0v) is 15.0. The van der Waals surface area contributed by atoms with E-state index in [4.69, 9.17) is 4.74 Å². The zero-order valence-electron chi connectivity index (χ0n) is 14.2. The van der Waals surface area contributed by atoms with Crippen molar-refractivity contribution in [1.29, 1.82) is 0 Å². The number of likely N-dealkylation sites (tertiary alicyclic amines) is 1. The molecule has 1 saturated heterocycles. The van der Waals surface area contributed by atoms with Gasteiger partial charge < -0.3 is 9.64 Å². The van der Waals surface area contributed by atoms with E-state index < -0.39 is 16.4 Å². The molecule has 2 heterocycles. The third-order valence-corrected chi connectivity index (χ3v) is 5.14. The topological polar surface area (TPSA) is 59.5 Å². The summed E-state index contributed by atoms with van der Waals surface area (Å²) < 4.78 is 17.8. The van der Waals surface area contributed by atoms with Gasteiger partial charge in [0.1, 0.15) is 5.60 Å². The lowest BCUT2D eigenvalue weighted by molar-refractivity contribution is 0.0176. The van der Waals surface area contributed by atoms with Gasteiger partial charge in [0.2, 0.25) is 0 Å². The van der Waals surface area contributed by atoms with Crippen LogP contribution in [0.2, 0.25) is 0 Å². The van der Waals surface area contributed by atoms with Gasteiger partial charge >= 0.3 is 6.09 Å². The van der Waals surface area contributed by atoms with Crippen molar-refractivity contribution in [3.63, 3.8) is 0 Å². The van der Waals surface area contributed by atoms with Crippen LogP contribution in [0.1, 0.15) is 39.2 Å². The highest BCUT2D eigenvalue weighted by Gasteiger charge is 2.28. The molecule has 0 radical (unpaired) electrons. The van der Waals surface area contributed by atoms with Gasteiger partial charge in [-0.15, -0.1) is 0 Å². The van der Waals surface area contributed by atoms with Crippen LogP contribution in [0.3, 0.4) is 0 Å². The molecule has 2 atom stereocenters. The number of nitrogens with zero attached hydrogens (tertiary/aromatic N) is 2. The Hall–Kier alpha value is -1.43. The highest BCUT2D eigenvalue weighted by molar-refractivity contribution is 7.84. The molecule has 5 nitrogen and oxygen atoms in total. The quantitative estimate of drug-likeness (QED) is 0.847. The number of amides is 1. The van der Waals surface area contributed by atoms with Gasteiger partial charge in [0.15, 0.2) is 0 Å². The van der Waals surface area contributed by atoms with Crippen molar-refractivity contribution in [2.45, 2.75) is 45.0 Å². The molecular formula is C17H26N2O3S. The maximum atomic E-state index is 12.3. The van der Waals surface area contributed by atoms with Gasteiger partial charge in [0, 0.05) is 42.0 Å². The number of carbonyl (C=O) groups is 1. The molecule has 23 heavy (non-hydrogen) atoms. The van der Waals surface area contributed by atoms with Crippen LogP contribution < -0.4 is 0 Å². The van der Waals surface area contributed by atoms with Crippen molar-refractivity contribution in [1.82, 2.24) is 9.88 Å². The minimum absolute atomic E-state index is 0.264. The fourth-order valence-electron chi connectivity index (χ4n) is 2.68. The number of ether oxygens (including phenoxy) is 1. The first-order valence-electron chi connectivity index (χ1n) is 8.05. The molecule has 0 bridgehead atoms. The average molecular weight is 338 g/mol. The summed E-state index contributed by atoms with van der Waals surface area (Å²) in [6, 6.07) is 3.80. The first-order chi connectivity index (χ1) is 10.8. The van der Waals surface area contributed by atoms with Crippen molar-refractivity contribution in [2.75, 3.05) is 18.8 Å². The van der Waals surface area contributed by atoms with E-state index in [1.807, 2.05) is 32.9 Å². The molecule has 1 aliphatic heterocycles. The van der Waals surface area contributed by atoms with Crippen LogP contribution >= 0.6 is 0 Å². The second kappa shape index (κ2) is 7.90. The normalized spacial score (nSPS) is 20.1. The van der Waals surface area contributed by atoms with E-state index in [0.29, 0.717) is 18.1 Å². The Morgan fingerprint density at radius 3 is 2.91 bits per heavy atom. The van der Waals surface area contributed by atoms with Crippen LogP contribution in [0.5, 0.6) is 0 Å². The van der Waals surface area contributed by atoms with Gasteiger partial charge in [-0.1, -0.05) is 6.07 Å². The van der Waals surface area contributed by atoms with Gasteiger partial charge in [-0.05, 0) is 51.2 Å². The number of rotatable bonds is 4. The third-order valence-electron chi connectivity index (χ3n) is 3.64. The van der Waals surface area contributed by atoms with Crippen LogP contribution in [-0.4, -0.2) is 44.6 Å². The first-order valence-corrected chi connectivity index (χ1v) is 9.54. The summed E-state index contributed by atoms with van der Waals surface area (Å²) in [4.78, 5) is 18.0. The molecule has 128 valence electrons. The van der Waals surface area contributed by atoms with E-state index in [-0.39, 0.29) is 12.0 Å². The van der Waals surface area contributed by atoms with Crippen molar-refractivity contribution in [3.05, 3.63) is 30.1 Å². The lowest BCUT2D eigenvalue weighted by Gasteiger charge is -2.34. The van der Waals surface area contributed by atoms with E-state index in [1.165, 1.54) is 0 Å². The largest absolute Gasteiger partial charge is 0.444 e. The summed E-state index contributed by atoms with van der Waals surface area (Å²) in [7, 11) is -0.935. The number of pyridine rings is 1. The molecule has 0 N–H and O–H groups in total. The molecule has 0 aromatic carbocycles. The Bertz CT molecular complexity index is 543. The molecule has 6 heteroatoms. The molecule has 1 aromatic rings. The Labute approximate surface area is 140 Å². The maximum absolute atomic E-state index is 12.3. The Balaban J connectivity index is 1.84. The minimum Gasteiger partial charge on any atom is -0.444 e. The number of carbonyl (C=O) groups excluding carboxylic acids is 1. The lowest BCUT2D eigenvalue weighted by atomic mass is 10.0. The summed E-state index contributed by atoms with van der Waals surface area (Å²) in [6.45, 7) is 6.97. The van der Waals surface area contributed by atoms with Gasteiger partial charge in [-0.25, -0.2) is 4.79 Å². The van der Waals surface area contributed by atoms with Gasteiger partial charge in [0.05, 0.1) is 5.75 Å². The van der Waals surface area contributed by atoms with Crippen molar-refractivity contribution < 1.29 is 13.7 Å². The van der Waals surface area contributed by atoms with E-state index in [2.05, 4.69) is 4.98 Å². The van der Waals surface area contributed by atoms with Gasteiger partial charge in [-0.3, -0.25) is 9.19 Å². The first kappa shape index (κ1) is 17.9. The number of piperidine rings is 1. The zero-order chi connectivity index (χ0) is 16.9. The van der Waals surface area contributed by atoms with Crippen LogP contribution in [0.25, 0.3) is 0 Å². The molecular weight excluding hydrogens is 312 g/mol. The van der Waals surface area contributed by atoms with E-state index in [9.17, 15) is 9.00 Å². The Morgan fingerprint density at radius 2 is 2.26 bits per heavy atom. The van der Waals surface area contributed by atoms with Crippen molar-refractivity contribution in [2.24, 2.45) is 5.92 Å². The summed E-state index contributed by atoms with van der Waals surface area (Å²) in [5, 5.41) is 0. The Kier molecular flexibility index (Phi) is 6.16. The van der Waals surface area contributed by atoms with Crippen LogP contribution in [0.4, 0.5) is 4.79 Å². The molecule has 1 aliphatic rings. The van der Waals surface area contributed by atoms with E-state index in [0.717, 1.165) is 24.9 Å². The summed E-state index contributed by atoms with van der Waals surface area (Å²) >= 11 is 0. The predicted molar refractivity (Wildman–Crippen MR) is 91.5 cm³/mol. The second-order valence-electron chi connectivity index (χ2n) is 7.05. The maximum Gasteiger partial charge on any atom is 0.410 e. The average Bonchev–Trinajstić information content (AvgIpc) is 2.46. The minimum atomic E-state index is -0.935. The summed E-state index contributed by atoms with van der Waals surface area (Å²) in [5.41, 5.74) is 0.512. The fourth-order valence-corrected chi connectivity index (χ4v) is 4.14. The third kappa shape index (κ3) is 6.29. The molecule has 0 saturated carbocycles. The van der Waals surface area contributed by atoms with Crippen LogP contribution in [0.15, 0.2) is 24.5 Å². The molecule has 0 unspecified atom stereocenters. The number of aromatic nitrogens is 1. The van der Waals surface area contributed by atoms with Crippen LogP contribution in [-0.2, 0) is 21.3 Å². The smallest absolute Gasteiger partial charge is 0.410 e. The summed E-state index contributed by atoms with van der Waals surface area (Å²) in [6.07, 6.45) is 5.16. The van der Waals surface area contributed by atoms with Crippen LogP contribution in [0, 0.1) is 5.92 Å². The van der Waals surface area contributed by atoms with Crippen molar-refractivity contribution in [3.8, 4) is 0 Å². The standard InChI is InChI=1S/C17H26N2O3S/c1-17(2,3)22-16(20)19-9-5-7-15(11-19)13-23(21)12-14-6-4-8-18-10-14/h4,6,8,10,15H,5,7,9,11-13H2,1-3H3/t15-,23-/m1/s1. The highest BCUT2D eigenvalue weighted by atomic mass is 32.2. The van der Waals surface area contributed by atoms with Crippen molar-refractivity contribution >= 4 is 16.9 Å². The van der Waals surface area contributed by atoms with Gasteiger partial charge in [0.25, 0.3) is 0 Å². The van der Waals surface area contributed by atoms with Gasteiger partial charge in [-0.2, -0.15) is 0 Å². The molecule has 1 aromatic heterocycles. The molecule has 2 rings (SSSR count). The second-order valence-corrected chi connectivity index (χ2v) is 8.55. The predicted octanol–water partition coefficient (Wildman–Crippen LogP) is 2.98. The Morgan fingerprint density at radius 1 is 1.48 bits per heavy atom. The number of hydrogen-bond acceptors (Lipinski definition) is 4. The molecule has 1 amide bonds. The highest BCUT2D eigenvalue weighted by Crippen LogP contribution is 2.20. The lowest BCUT2D eigenvalue weighted by Crippen LogP contribution is -2.44. The fraction of sp³-hybridized carbons (Fsp3) is 0.647. The van der Waals surface area contributed by atoms with E-state index >= 15 is 0 Å². The van der Waals surface area contributed by atoms with E-state index in [1.54, 1.807) is 17.3 Å². The monoisotopic (exact) mass is 338 g/mol. The SMILES string of the molecule is CC(C)(C)OC(=O)N1CCC[C@@H](C[S@](=O)Cc2cccnc2)C1. The molecule has 0 spiro atoms.